The van der Waals surface area contributed by atoms with Crippen molar-refractivity contribution in [3.05, 3.63) is 0 Å². The quantitative estimate of drug-likeness (QED) is 0.299. The van der Waals surface area contributed by atoms with Crippen LogP contribution in [0, 0.1) is 0 Å². The number of rotatable bonds is 0. The predicted molar refractivity (Wildman–Crippen MR) is 33.9 cm³/mol. The molecule has 1 heterocycles. The third-order valence-electron chi connectivity index (χ3n) is 1.15. The summed E-state index contributed by atoms with van der Waals surface area (Å²) >= 11 is 7.62. The summed E-state index contributed by atoms with van der Waals surface area (Å²) in [5.74, 6) is 1.22. The van der Waals surface area contributed by atoms with Gasteiger partial charge < -0.3 is 17.3 Å². The summed E-state index contributed by atoms with van der Waals surface area (Å²) in [6, 6.07) is 0. The summed E-state index contributed by atoms with van der Waals surface area (Å²) in [4.78, 5) is 1.76. The van der Waals surface area contributed by atoms with E-state index in [4.69, 9.17) is 11.6 Å². The zero-order chi connectivity index (χ0) is 5.28. The Labute approximate surface area is 65.2 Å². The molecule has 0 aromatic heterocycles. The molecule has 1 aliphatic heterocycles. The van der Waals surface area contributed by atoms with E-state index < -0.39 is 0 Å². The largest absolute Gasteiger partial charge is 1.00 e. The number of hydrogen-bond acceptors (Lipinski definition) is 1. The number of hydrogen-bond donors (Lipinski definition) is 1. The molecule has 0 amide bonds. The summed E-state index contributed by atoms with van der Waals surface area (Å²) in [7, 11) is 2.12. The molecule has 1 nitrogen and oxygen atoms in total. The van der Waals surface area contributed by atoms with Crippen molar-refractivity contribution in [2.45, 2.75) is 4.83 Å². The second-order valence-corrected chi connectivity index (χ2v) is 3.69. The van der Waals surface area contributed by atoms with Crippen LogP contribution in [-0.4, -0.2) is 24.2 Å². The van der Waals surface area contributed by atoms with Crippen LogP contribution in [0.1, 0.15) is 0 Å². The second-order valence-electron chi connectivity index (χ2n) is 1.78. The maximum Gasteiger partial charge on any atom is 0.210 e. The van der Waals surface area contributed by atoms with Crippen molar-refractivity contribution in [3.63, 3.8) is 0 Å². The fraction of sp³-hybridized carbons (Fsp3) is 1.00. The Morgan fingerprint density at radius 1 is 1.75 bits per heavy atom. The van der Waals surface area contributed by atoms with Gasteiger partial charge in [-0.15, -0.1) is 0 Å². The van der Waals surface area contributed by atoms with Gasteiger partial charge in [-0.3, -0.25) is 0 Å². The molecule has 1 fully saturated rings. The SMILES string of the molecule is C[NH+]1CCSC1Cl.[Cl-]. The lowest BCUT2D eigenvalue weighted by Crippen LogP contribution is -3.09. The van der Waals surface area contributed by atoms with Crippen molar-refractivity contribution in [2.75, 3.05) is 19.3 Å². The summed E-state index contributed by atoms with van der Waals surface area (Å²) in [5, 5.41) is 0. The molecule has 1 N–H and O–H groups in total. The van der Waals surface area contributed by atoms with Crippen LogP contribution in [0.25, 0.3) is 0 Å². The van der Waals surface area contributed by atoms with Crippen LogP contribution < -0.4 is 17.3 Å². The Bertz CT molecular complexity index is 63.1. The van der Waals surface area contributed by atoms with Crippen molar-refractivity contribution in [1.82, 2.24) is 0 Å². The Hall–Kier alpha value is 0.890. The van der Waals surface area contributed by atoms with Gasteiger partial charge in [0.25, 0.3) is 0 Å². The Morgan fingerprint density at radius 2 is 2.38 bits per heavy atom. The molecule has 4 heteroatoms. The predicted octanol–water partition coefficient (Wildman–Crippen LogP) is -3.23. The molecule has 0 radical (unpaired) electrons. The van der Waals surface area contributed by atoms with Crippen molar-refractivity contribution in [3.8, 4) is 0 Å². The molecule has 2 unspecified atom stereocenters. The molecule has 0 aromatic carbocycles. The molecule has 0 bridgehead atoms. The van der Waals surface area contributed by atoms with Crippen LogP contribution in [0.4, 0.5) is 0 Å². The molecule has 2 atom stereocenters. The van der Waals surface area contributed by atoms with Gasteiger partial charge >= 0.3 is 0 Å². The van der Waals surface area contributed by atoms with Crippen molar-refractivity contribution >= 4 is 23.4 Å². The van der Waals surface area contributed by atoms with E-state index in [9.17, 15) is 0 Å². The molecule has 0 aromatic rings. The fourth-order valence-corrected chi connectivity index (χ4v) is 2.00. The standard InChI is InChI=1S/C4H8ClNS.ClH/c1-6-2-3-7-4(6)5;/h4H,2-3H2,1H3;1H. The van der Waals surface area contributed by atoms with Gasteiger partial charge in [0.1, 0.15) is 0 Å². The number of halogens is 2. The smallest absolute Gasteiger partial charge is 0.210 e. The molecule has 1 saturated heterocycles. The van der Waals surface area contributed by atoms with E-state index in [1.807, 2.05) is 11.8 Å². The summed E-state index contributed by atoms with van der Waals surface area (Å²) in [5.41, 5.74) is 0. The number of nitrogens with one attached hydrogen (secondary N) is 1. The number of alkyl halides is 1. The minimum atomic E-state index is 0. The molecular weight excluding hydrogens is 165 g/mol. The lowest BCUT2D eigenvalue weighted by atomic mass is 10.7. The number of quaternary nitrogens is 1. The Balaban J connectivity index is 0.000000490. The maximum absolute atomic E-state index is 5.79. The summed E-state index contributed by atoms with van der Waals surface area (Å²) in [6.07, 6.45) is 0. The van der Waals surface area contributed by atoms with Crippen LogP contribution in [0.2, 0.25) is 0 Å². The van der Waals surface area contributed by atoms with Gasteiger partial charge in [0, 0.05) is 5.75 Å². The first-order valence-corrected chi connectivity index (χ1v) is 3.87. The Morgan fingerprint density at radius 3 is 2.50 bits per heavy atom. The van der Waals surface area contributed by atoms with E-state index in [0.29, 0.717) is 4.83 Å². The van der Waals surface area contributed by atoms with E-state index in [0.717, 1.165) is 0 Å². The second kappa shape index (κ2) is 3.83. The van der Waals surface area contributed by atoms with Crippen molar-refractivity contribution < 1.29 is 17.3 Å². The van der Waals surface area contributed by atoms with Gasteiger partial charge in [-0.05, 0) is 11.6 Å². The normalized spacial score (nSPS) is 36.8. The molecule has 8 heavy (non-hydrogen) atoms. The highest BCUT2D eigenvalue weighted by Crippen LogP contribution is 2.11. The monoisotopic (exact) mass is 173 g/mol. The van der Waals surface area contributed by atoms with Crippen LogP contribution >= 0.6 is 23.4 Å². The van der Waals surface area contributed by atoms with E-state index in [1.165, 1.54) is 17.2 Å². The van der Waals surface area contributed by atoms with Gasteiger partial charge in [0.05, 0.1) is 13.6 Å². The molecular formula is C4H9Cl2NS. The Kier molecular flexibility index (Phi) is 4.26. The van der Waals surface area contributed by atoms with E-state index in [2.05, 4.69) is 7.05 Å². The van der Waals surface area contributed by atoms with Crippen LogP contribution in [0.3, 0.4) is 0 Å². The lowest BCUT2D eigenvalue weighted by Gasteiger charge is -2.05. The van der Waals surface area contributed by atoms with E-state index >= 15 is 0 Å². The lowest BCUT2D eigenvalue weighted by molar-refractivity contribution is -0.869. The van der Waals surface area contributed by atoms with Crippen LogP contribution in [0.5, 0.6) is 0 Å². The molecule has 0 aliphatic carbocycles. The van der Waals surface area contributed by atoms with Gasteiger partial charge in [-0.1, -0.05) is 11.8 Å². The first-order valence-electron chi connectivity index (χ1n) is 2.38. The molecule has 50 valence electrons. The van der Waals surface area contributed by atoms with Gasteiger partial charge in [0.2, 0.25) is 4.83 Å². The van der Waals surface area contributed by atoms with E-state index in [1.54, 1.807) is 0 Å². The topological polar surface area (TPSA) is 4.44 Å². The zero-order valence-corrected chi connectivity index (χ0v) is 6.98. The molecule has 0 saturated carbocycles. The number of thioether (sulfide) groups is 1. The molecule has 1 aliphatic rings. The van der Waals surface area contributed by atoms with Crippen LogP contribution in [0.15, 0.2) is 0 Å². The third-order valence-corrected chi connectivity index (χ3v) is 3.03. The van der Waals surface area contributed by atoms with Gasteiger partial charge in [-0.25, -0.2) is 0 Å². The van der Waals surface area contributed by atoms with Crippen molar-refractivity contribution in [2.24, 2.45) is 0 Å². The third kappa shape index (κ3) is 2.02. The minimum absolute atomic E-state index is 0. The highest BCUT2D eigenvalue weighted by atomic mass is 35.5. The molecule has 0 spiro atoms. The average Bonchev–Trinajstić information content (AvgIpc) is 1.91. The zero-order valence-electron chi connectivity index (χ0n) is 4.66. The van der Waals surface area contributed by atoms with Gasteiger partial charge in [-0.2, -0.15) is 0 Å². The highest BCUT2D eigenvalue weighted by molar-refractivity contribution is 8.01. The maximum atomic E-state index is 5.79. The van der Waals surface area contributed by atoms with E-state index in [-0.39, 0.29) is 12.4 Å². The average molecular weight is 174 g/mol. The van der Waals surface area contributed by atoms with Crippen LogP contribution in [-0.2, 0) is 0 Å². The van der Waals surface area contributed by atoms with Gasteiger partial charge in [0.15, 0.2) is 0 Å². The van der Waals surface area contributed by atoms with Crippen molar-refractivity contribution in [1.29, 1.82) is 0 Å². The fourth-order valence-electron chi connectivity index (χ4n) is 0.579. The first-order chi connectivity index (χ1) is 3.30. The summed E-state index contributed by atoms with van der Waals surface area (Å²) < 4.78 is 0. The minimum Gasteiger partial charge on any atom is -1.00 e. The highest BCUT2D eigenvalue weighted by Gasteiger charge is 2.21. The first kappa shape index (κ1) is 8.89. The molecule has 1 rings (SSSR count). The summed E-state index contributed by atoms with van der Waals surface area (Å²) in [6.45, 7) is 1.22.